The third-order valence-electron chi connectivity index (χ3n) is 2.06. The molecule has 0 aliphatic carbocycles. The van der Waals surface area contributed by atoms with Crippen molar-refractivity contribution in [3.05, 3.63) is 29.8 Å². The first-order valence-electron chi connectivity index (χ1n) is 3.88. The number of alkyl halides is 2. The highest BCUT2D eigenvalue weighted by atomic mass is 79.9. The molecule has 1 aliphatic heterocycles. The molecule has 0 N–H and O–H groups in total. The van der Waals surface area contributed by atoms with E-state index in [0.717, 1.165) is 11.3 Å². The molecule has 4 heteroatoms. The number of benzene rings is 1. The first-order chi connectivity index (χ1) is 6.20. The first kappa shape index (κ1) is 9.21. The quantitative estimate of drug-likeness (QED) is 0.577. The van der Waals surface area contributed by atoms with Gasteiger partial charge in [-0.15, -0.1) is 0 Å². The number of carbonyl (C=O) groups is 1. The summed E-state index contributed by atoms with van der Waals surface area (Å²) in [4.78, 5) is 13.2. The lowest BCUT2D eigenvalue weighted by Crippen LogP contribution is -2.29. The number of fused-ring (bicyclic) bond motifs is 1. The van der Waals surface area contributed by atoms with Gasteiger partial charge in [-0.05, 0) is 11.6 Å². The van der Waals surface area contributed by atoms with Gasteiger partial charge in [-0.3, -0.25) is 9.69 Å². The van der Waals surface area contributed by atoms with Crippen molar-refractivity contribution < 1.29 is 4.79 Å². The van der Waals surface area contributed by atoms with Crippen molar-refractivity contribution >= 4 is 43.5 Å². The van der Waals surface area contributed by atoms with Crippen molar-refractivity contribution in [2.24, 2.45) is 0 Å². The van der Waals surface area contributed by atoms with Crippen LogP contribution in [-0.4, -0.2) is 9.77 Å². The van der Waals surface area contributed by atoms with Crippen molar-refractivity contribution in [2.75, 3.05) is 4.90 Å². The van der Waals surface area contributed by atoms with Crippen LogP contribution in [0.15, 0.2) is 24.3 Å². The maximum Gasteiger partial charge on any atom is 0.233 e. The molecule has 1 aromatic rings. The highest BCUT2D eigenvalue weighted by molar-refractivity contribution is 9.24. The van der Waals surface area contributed by atoms with Crippen LogP contribution in [0.4, 0.5) is 5.69 Å². The van der Waals surface area contributed by atoms with E-state index in [1.807, 2.05) is 24.3 Å². The third kappa shape index (κ3) is 1.53. The van der Waals surface area contributed by atoms with E-state index >= 15 is 0 Å². The average Bonchev–Trinajstić information content (AvgIpc) is 2.39. The number of hydrogen-bond donors (Lipinski definition) is 0. The number of anilines is 1. The molecule has 0 radical (unpaired) electrons. The lowest BCUT2D eigenvalue weighted by atomic mass is 10.2. The summed E-state index contributed by atoms with van der Waals surface area (Å²) in [5.74, 6) is 0.125. The lowest BCUT2D eigenvalue weighted by Gasteiger charge is -2.18. The summed E-state index contributed by atoms with van der Waals surface area (Å²) in [7, 11) is 0. The van der Waals surface area contributed by atoms with E-state index < -0.39 is 0 Å². The molecule has 1 amide bonds. The Morgan fingerprint density at radius 2 is 2.00 bits per heavy atom. The molecule has 0 atom stereocenters. The molecule has 0 aromatic heterocycles. The minimum Gasteiger partial charge on any atom is -0.289 e. The summed E-state index contributed by atoms with van der Waals surface area (Å²) >= 11 is 6.67. The van der Waals surface area contributed by atoms with Crippen molar-refractivity contribution in [3.63, 3.8) is 0 Å². The van der Waals surface area contributed by atoms with Gasteiger partial charge in [-0.1, -0.05) is 50.1 Å². The van der Waals surface area contributed by atoms with E-state index in [9.17, 15) is 4.79 Å². The van der Waals surface area contributed by atoms with Crippen molar-refractivity contribution in [1.82, 2.24) is 0 Å². The zero-order valence-corrected chi connectivity index (χ0v) is 9.88. The summed E-state index contributed by atoms with van der Waals surface area (Å²) in [5, 5.41) is 0. The van der Waals surface area contributed by atoms with Gasteiger partial charge in [0.1, 0.15) is 3.86 Å². The number of carbonyl (C=O) groups excluding carboxylic acids is 1. The molecule has 0 saturated heterocycles. The normalized spacial score (nSPS) is 15.3. The first-order valence-corrected chi connectivity index (χ1v) is 5.71. The molecule has 68 valence electrons. The molecule has 0 unspecified atom stereocenters. The zero-order valence-electron chi connectivity index (χ0n) is 6.71. The predicted octanol–water partition coefficient (Wildman–Crippen LogP) is 2.65. The largest absolute Gasteiger partial charge is 0.289 e. The van der Waals surface area contributed by atoms with E-state index in [2.05, 4.69) is 31.9 Å². The van der Waals surface area contributed by atoms with Gasteiger partial charge in [0.2, 0.25) is 5.91 Å². The summed E-state index contributed by atoms with van der Waals surface area (Å²) < 4.78 is -0.115. The molecule has 13 heavy (non-hydrogen) atoms. The highest BCUT2D eigenvalue weighted by Crippen LogP contribution is 2.33. The minimum absolute atomic E-state index is 0.115. The van der Waals surface area contributed by atoms with E-state index in [4.69, 9.17) is 0 Å². The molecule has 2 rings (SSSR count). The molecule has 0 spiro atoms. The molecule has 0 bridgehead atoms. The Kier molecular flexibility index (Phi) is 2.43. The number of rotatable bonds is 1. The minimum atomic E-state index is -0.115. The van der Waals surface area contributed by atoms with Crippen LogP contribution in [0.3, 0.4) is 0 Å². The topological polar surface area (TPSA) is 20.3 Å². The monoisotopic (exact) mass is 303 g/mol. The van der Waals surface area contributed by atoms with Crippen LogP contribution in [0.2, 0.25) is 0 Å². The Morgan fingerprint density at radius 1 is 1.31 bits per heavy atom. The molecule has 0 fully saturated rings. The van der Waals surface area contributed by atoms with Crippen LogP contribution in [0.5, 0.6) is 0 Å². The molecule has 1 aliphatic rings. The average molecular weight is 305 g/mol. The second-order valence-electron chi connectivity index (χ2n) is 2.85. The second-order valence-corrected chi connectivity index (χ2v) is 5.81. The Labute approximate surface area is 93.2 Å². The van der Waals surface area contributed by atoms with Gasteiger partial charge in [0, 0.05) is 5.69 Å². The van der Waals surface area contributed by atoms with Crippen molar-refractivity contribution in [1.29, 1.82) is 0 Å². The number of nitrogens with zero attached hydrogens (tertiary/aromatic N) is 1. The fourth-order valence-corrected chi connectivity index (χ4v) is 2.39. The Hall–Kier alpha value is -0.350. The van der Waals surface area contributed by atoms with E-state index in [0.29, 0.717) is 6.42 Å². The SMILES string of the molecule is O=C1Cc2ccccc2N1C(Br)Br. The number of hydrogen-bond acceptors (Lipinski definition) is 1. The number of para-hydroxylation sites is 1. The Bertz CT molecular complexity index is 351. The fraction of sp³-hybridized carbons (Fsp3) is 0.222. The number of halogens is 2. The highest BCUT2D eigenvalue weighted by Gasteiger charge is 2.29. The second kappa shape index (κ2) is 3.42. The molecule has 1 heterocycles. The fourth-order valence-electron chi connectivity index (χ4n) is 1.49. The summed E-state index contributed by atoms with van der Waals surface area (Å²) in [6, 6.07) is 7.82. The van der Waals surface area contributed by atoms with Gasteiger partial charge in [-0.25, -0.2) is 0 Å². The maximum atomic E-state index is 11.5. The lowest BCUT2D eigenvalue weighted by molar-refractivity contribution is -0.117. The van der Waals surface area contributed by atoms with Gasteiger partial charge in [0.05, 0.1) is 6.42 Å². The van der Waals surface area contributed by atoms with Crippen LogP contribution < -0.4 is 4.90 Å². The Balaban J connectivity index is 2.46. The Morgan fingerprint density at radius 3 is 2.69 bits per heavy atom. The van der Waals surface area contributed by atoms with E-state index in [1.54, 1.807) is 4.90 Å². The molecule has 0 saturated carbocycles. The smallest absolute Gasteiger partial charge is 0.233 e. The van der Waals surface area contributed by atoms with Crippen LogP contribution >= 0.6 is 31.9 Å². The van der Waals surface area contributed by atoms with E-state index in [-0.39, 0.29) is 9.77 Å². The molecule has 2 nitrogen and oxygen atoms in total. The van der Waals surface area contributed by atoms with E-state index in [1.165, 1.54) is 0 Å². The predicted molar refractivity (Wildman–Crippen MR) is 59.3 cm³/mol. The van der Waals surface area contributed by atoms with Crippen LogP contribution in [-0.2, 0) is 11.2 Å². The molecule has 1 aromatic carbocycles. The molecular weight excluding hydrogens is 298 g/mol. The van der Waals surface area contributed by atoms with Gasteiger partial charge in [0.15, 0.2) is 0 Å². The van der Waals surface area contributed by atoms with Gasteiger partial charge in [0.25, 0.3) is 0 Å². The molecular formula is C9H7Br2NO. The van der Waals surface area contributed by atoms with Crippen LogP contribution in [0.25, 0.3) is 0 Å². The standard InChI is InChI=1S/C9H7Br2NO/c10-9(11)12-7-4-2-1-3-6(7)5-8(12)13/h1-4,9H,5H2. The summed E-state index contributed by atoms with van der Waals surface area (Å²) in [6.45, 7) is 0. The van der Waals surface area contributed by atoms with Gasteiger partial charge >= 0.3 is 0 Å². The van der Waals surface area contributed by atoms with Crippen molar-refractivity contribution in [2.45, 2.75) is 10.3 Å². The van der Waals surface area contributed by atoms with Gasteiger partial charge in [-0.2, -0.15) is 0 Å². The number of amides is 1. The summed E-state index contributed by atoms with van der Waals surface area (Å²) in [5.41, 5.74) is 2.09. The van der Waals surface area contributed by atoms with Gasteiger partial charge < -0.3 is 0 Å². The maximum absolute atomic E-state index is 11.5. The third-order valence-corrected chi connectivity index (χ3v) is 2.88. The summed E-state index contributed by atoms with van der Waals surface area (Å²) in [6.07, 6.45) is 0.504. The van der Waals surface area contributed by atoms with Crippen molar-refractivity contribution in [3.8, 4) is 0 Å². The zero-order chi connectivity index (χ0) is 9.42. The van der Waals surface area contributed by atoms with Crippen LogP contribution in [0.1, 0.15) is 5.56 Å². The van der Waals surface area contributed by atoms with Crippen LogP contribution in [0, 0.1) is 0 Å².